The second-order valence-corrected chi connectivity index (χ2v) is 1.84. The Morgan fingerprint density at radius 3 is 2.89 bits per heavy atom. The maximum Gasteiger partial charge on any atom is 0.336 e. The Hall–Kier alpha value is -1.03. The highest BCUT2D eigenvalue weighted by Gasteiger charge is 2.16. The van der Waals surface area contributed by atoms with Crippen molar-refractivity contribution in [1.82, 2.24) is 5.06 Å². The largest absolute Gasteiger partial charge is 0.478 e. The molecule has 0 saturated carbocycles. The van der Waals surface area contributed by atoms with Crippen LogP contribution in [0.25, 0.3) is 0 Å². The molecule has 1 aliphatic heterocycles. The minimum absolute atomic E-state index is 0.289. The van der Waals surface area contributed by atoms with E-state index in [1.807, 2.05) is 0 Å². The van der Waals surface area contributed by atoms with E-state index in [9.17, 15) is 4.79 Å². The molecule has 9 heavy (non-hydrogen) atoms. The van der Waals surface area contributed by atoms with Gasteiger partial charge in [0, 0.05) is 7.05 Å². The van der Waals surface area contributed by atoms with Crippen LogP contribution in [0.2, 0.25) is 0 Å². The van der Waals surface area contributed by atoms with E-state index in [4.69, 9.17) is 9.94 Å². The summed E-state index contributed by atoms with van der Waals surface area (Å²) in [5.74, 6) is -0.917. The van der Waals surface area contributed by atoms with Gasteiger partial charge in [0.2, 0.25) is 0 Å². The molecule has 1 N–H and O–H groups in total. The zero-order valence-corrected chi connectivity index (χ0v) is 5.00. The number of carbonyl (C=O) groups is 1. The maximum atomic E-state index is 10.2. The van der Waals surface area contributed by atoms with Crippen LogP contribution in [0.4, 0.5) is 0 Å². The Bertz CT molecular complexity index is 164. The van der Waals surface area contributed by atoms with Crippen molar-refractivity contribution in [2.24, 2.45) is 0 Å². The second-order valence-electron chi connectivity index (χ2n) is 1.84. The van der Waals surface area contributed by atoms with Crippen LogP contribution in [0.3, 0.4) is 0 Å². The van der Waals surface area contributed by atoms with Crippen LogP contribution < -0.4 is 0 Å². The van der Waals surface area contributed by atoms with E-state index in [1.54, 1.807) is 7.05 Å². The number of carboxylic acid groups (broad SMARTS) is 1. The highest BCUT2D eigenvalue weighted by Crippen LogP contribution is 2.06. The summed E-state index contributed by atoms with van der Waals surface area (Å²) in [4.78, 5) is 14.9. The molecule has 0 spiro atoms. The molecule has 1 heterocycles. The van der Waals surface area contributed by atoms with Gasteiger partial charge < -0.3 is 9.94 Å². The van der Waals surface area contributed by atoms with Crippen LogP contribution in [-0.4, -0.2) is 29.7 Å². The molecule has 4 nitrogen and oxygen atoms in total. The molecule has 0 aromatic heterocycles. The average molecular weight is 129 g/mol. The molecule has 0 saturated heterocycles. The molecule has 4 heteroatoms. The van der Waals surface area contributed by atoms with Crippen molar-refractivity contribution in [2.75, 3.05) is 13.6 Å². The van der Waals surface area contributed by atoms with E-state index >= 15 is 0 Å². The number of carboxylic acids is 1. The Morgan fingerprint density at radius 1 is 2.00 bits per heavy atom. The molecule has 50 valence electrons. The van der Waals surface area contributed by atoms with Crippen molar-refractivity contribution in [3.05, 3.63) is 11.8 Å². The number of hydrogen-bond donors (Lipinski definition) is 1. The fourth-order valence-electron chi connectivity index (χ4n) is 0.586. The molecule has 0 aromatic carbocycles. The van der Waals surface area contributed by atoms with Crippen LogP contribution in [0, 0.1) is 0 Å². The van der Waals surface area contributed by atoms with Crippen molar-refractivity contribution in [1.29, 1.82) is 0 Å². The number of likely N-dealkylation sites (N-methyl/N-ethyl adjacent to an activating group) is 1. The standard InChI is InChI=1S/C5H7NO3/c1-6-2-4(3-9-6)5(7)8/h3H,2H2,1H3,(H,7,8). The topological polar surface area (TPSA) is 49.8 Å². The van der Waals surface area contributed by atoms with Gasteiger partial charge in [0.15, 0.2) is 0 Å². The van der Waals surface area contributed by atoms with Gasteiger partial charge in [0.1, 0.15) is 6.26 Å². The third-order valence-corrected chi connectivity index (χ3v) is 1.04. The SMILES string of the molecule is CN1CC(C(=O)O)=CO1. The molecule has 0 aromatic rings. The molecular weight excluding hydrogens is 122 g/mol. The summed E-state index contributed by atoms with van der Waals surface area (Å²) in [6.45, 7) is 0.356. The first kappa shape index (κ1) is 6.10. The van der Waals surface area contributed by atoms with Crippen LogP contribution in [-0.2, 0) is 9.63 Å². The van der Waals surface area contributed by atoms with E-state index in [1.165, 1.54) is 11.3 Å². The molecule has 0 radical (unpaired) electrons. The smallest absolute Gasteiger partial charge is 0.336 e. The van der Waals surface area contributed by atoms with Gasteiger partial charge in [0.05, 0.1) is 12.1 Å². The van der Waals surface area contributed by atoms with Crippen LogP contribution in [0.5, 0.6) is 0 Å². The lowest BCUT2D eigenvalue weighted by Gasteiger charge is -2.03. The van der Waals surface area contributed by atoms with Crippen molar-refractivity contribution in [3.63, 3.8) is 0 Å². The van der Waals surface area contributed by atoms with E-state index in [0.717, 1.165) is 0 Å². The molecule has 0 amide bonds. The summed E-state index contributed by atoms with van der Waals surface area (Å²) in [6, 6.07) is 0. The first-order valence-corrected chi connectivity index (χ1v) is 2.50. The van der Waals surface area contributed by atoms with Crippen molar-refractivity contribution >= 4 is 5.97 Å². The lowest BCUT2D eigenvalue weighted by molar-refractivity contribution is -0.132. The predicted octanol–water partition coefficient (Wildman–Crippen LogP) is -0.168. The Kier molecular flexibility index (Phi) is 1.40. The van der Waals surface area contributed by atoms with E-state index in [-0.39, 0.29) is 5.57 Å². The second kappa shape index (κ2) is 2.06. The highest BCUT2D eigenvalue weighted by atomic mass is 16.7. The molecule has 0 bridgehead atoms. The Balaban J connectivity index is 2.55. The molecule has 0 aliphatic carbocycles. The summed E-state index contributed by atoms with van der Waals surface area (Å²) in [6.07, 6.45) is 1.24. The molecule has 0 fully saturated rings. The van der Waals surface area contributed by atoms with Gasteiger partial charge in [-0.1, -0.05) is 0 Å². The normalized spacial score (nSPS) is 19.0. The highest BCUT2D eigenvalue weighted by molar-refractivity contribution is 5.86. The Morgan fingerprint density at radius 2 is 2.67 bits per heavy atom. The molecule has 1 aliphatic rings. The van der Waals surface area contributed by atoms with E-state index in [2.05, 4.69) is 0 Å². The van der Waals surface area contributed by atoms with Gasteiger partial charge in [-0.25, -0.2) is 4.79 Å². The quantitative estimate of drug-likeness (QED) is 0.534. The number of rotatable bonds is 1. The fourth-order valence-corrected chi connectivity index (χ4v) is 0.586. The third kappa shape index (κ3) is 1.20. The molecular formula is C5H7NO3. The van der Waals surface area contributed by atoms with Crippen LogP contribution >= 0.6 is 0 Å². The number of hydroxylamine groups is 2. The predicted molar refractivity (Wildman–Crippen MR) is 29.4 cm³/mol. The minimum Gasteiger partial charge on any atom is -0.478 e. The number of nitrogens with zero attached hydrogens (tertiary/aromatic N) is 1. The van der Waals surface area contributed by atoms with Crippen LogP contribution in [0.1, 0.15) is 0 Å². The number of aliphatic carboxylic acids is 1. The van der Waals surface area contributed by atoms with Crippen molar-refractivity contribution < 1.29 is 14.7 Å². The average Bonchev–Trinajstić information content (AvgIpc) is 2.14. The lowest BCUT2D eigenvalue weighted by atomic mass is 10.3. The first-order valence-electron chi connectivity index (χ1n) is 2.50. The molecule has 0 unspecified atom stereocenters. The lowest BCUT2D eigenvalue weighted by Crippen LogP contribution is -2.14. The van der Waals surface area contributed by atoms with Gasteiger partial charge in [-0.2, -0.15) is 0 Å². The van der Waals surface area contributed by atoms with Gasteiger partial charge in [-0.05, 0) is 0 Å². The summed E-state index contributed by atoms with van der Waals surface area (Å²) >= 11 is 0. The van der Waals surface area contributed by atoms with Gasteiger partial charge in [0.25, 0.3) is 0 Å². The summed E-state index contributed by atoms with van der Waals surface area (Å²) < 4.78 is 0. The first-order chi connectivity index (χ1) is 4.20. The van der Waals surface area contributed by atoms with Crippen LogP contribution in [0.15, 0.2) is 11.8 Å². The van der Waals surface area contributed by atoms with Gasteiger partial charge >= 0.3 is 5.97 Å². The maximum absolute atomic E-state index is 10.2. The molecule has 0 atom stereocenters. The summed E-state index contributed by atoms with van der Waals surface area (Å²) in [5.41, 5.74) is 0.289. The minimum atomic E-state index is -0.917. The fraction of sp³-hybridized carbons (Fsp3) is 0.400. The van der Waals surface area contributed by atoms with E-state index < -0.39 is 5.97 Å². The summed E-state index contributed by atoms with van der Waals surface area (Å²) in [7, 11) is 1.67. The monoisotopic (exact) mass is 129 g/mol. The van der Waals surface area contributed by atoms with Gasteiger partial charge in [-0.15, -0.1) is 5.06 Å². The van der Waals surface area contributed by atoms with E-state index in [0.29, 0.717) is 6.54 Å². The summed E-state index contributed by atoms with van der Waals surface area (Å²) in [5, 5.41) is 9.80. The third-order valence-electron chi connectivity index (χ3n) is 1.04. The Labute approximate surface area is 52.3 Å². The zero-order chi connectivity index (χ0) is 6.85. The van der Waals surface area contributed by atoms with Gasteiger partial charge in [-0.3, -0.25) is 0 Å². The molecule has 1 rings (SSSR count). The number of hydrogen-bond acceptors (Lipinski definition) is 3. The zero-order valence-electron chi connectivity index (χ0n) is 5.00. The van der Waals surface area contributed by atoms with Crippen molar-refractivity contribution in [3.8, 4) is 0 Å². The van der Waals surface area contributed by atoms with Crippen molar-refractivity contribution in [2.45, 2.75) is 0 Å².